The van der Waals surface area contributed by atoms with Crippen molar-refractivity contribution in [2.75, 3.05) is 6.61 Å². The molecule has 2 heterocycles. The predicted molar refractivity (Wildman–Crippen MR) is 101 cm³/mol. The zero-order chi connectivity index (χ0) is 18.5. The Labute approximate surface area is 158 Å². The van der Waals surface area contributed by atoms with Gasteiger partial charge in [-0.15, -0.1) is 11.3 Å². The van der Waals surface area contributed by atoms with Crippen molar-refractivity contribution in [1.29, 1.82) is 0 Å². The molecular weight excluding hydrogens is 376 g/mol. The van der Waals surface area contributed by atoms with Crippen LogP contribution in [0.25, 0.3) is 10.6 Å². The van der Waals surface area contributed by atoms with E-state index in [1.807, 2.05) is 13.0 Å². The minimum Gasteiger partial charge on any atom is -0.504 e. The highest BCUT2D eigenvalue weighted by Crippen LogP contribution is 2.30. The summed E-state index contributed by atoms with van der Waals surface area (Å²) in [5.74, 6) is -0.0460. The topological polar surface area (TPSA) is 99.6 Å². The number of rotatable bonds is 6. The van der Waals surface area contributed by atoms with Crippen LogP contribution in [0.2, 0.25) is 4.34 Å². The molecule has 0 bridgehead atoms. The summed E-state index contributed by atoms with van der Waals surface area (Å²) in [5.41, 5.74) is 3.99. The first kappa shape index (κ1) is 18.0. The lowest BCUT2D eigenvalue weighted by atomic mass is 10.2. The fourth-order valence-corrected chi connectivity index (χ4v) is 3.14. The summed E-state index contributed by atoms with van der Waals surface area (Å²) >= 11 is 7.30. The Morgan fingerprint density at radius 3 is 3.00 bits per heavy atom. The van der Waals surface area contributed by atoms with E-state index in [-0.39, 0.29) is 11.4 Å². The van der Waals surface area contributed by atoms with E-state index in [0.717, 1.165) is 4.88 Å². The number of halogens is 1. The van der Waals surface area contributed by atoms with Gasteiger partial charge < -0.3 is 9.84 Å². The molecule has 0 fully saturated rings. The predicted octanol–water partition coefficient (Wildman–Crippen LogP) is 3.66. The second kappa shape index (κ2) is 8.03. The molecule has 0 saturated carbocycles. The van der Waals surface area contributed by atoms with Gasteiger partial charge in [0.25, 0.3) is 5.91 Å². The molecule has 0 aliphatic heterocycles. The normalized spacial score (nSPS) is 11.0. The average molecular weight is 391 g/mol. The number of nitrogens with one attached hydrogen (secondary N) is 2. The summed E-state index contributed by atoms with van der Waals surface area (Å²) < 4.78 is 5.96. The summed E-state index contributed by atoms with van der Waals surface area (Å²) in [4.78, 5) is 13.0. The maximum atomic E-state index is 12.1. The number of hydrazone groups is 1. The number of hydrogen-bond donors (Lipinski definition) is 3. The molecule has 0 unspecified atom stereocenters. The average Bonchev–Trinajstić information content (AvgIpc) is 3.27. The van der Waals surface area contributed by atoms with E-state index in [0.29, 0.717) is 28.0 Å². The maximum absolute atomic E-state index is 12.1. The molecule has 134 valence electrons. The molecule has 0 saturated heterocycles. The number of aromatic hydroxyl groups is 1. The number of nitrogens with zero attached hydrogens (tertiary/aromatic N) is 2. The highest BCUT2D eigenvalue weighted by molar-refractivity contribution is 7.19. The number of hydrogen-bond acceptors (Lipinski definition) is 6. The molecule has 2 aromatic heterocycles. The standard InChI is InChI=1S/C17H15ClN4O3S/c1-2-25-14-7-10(3-4-13(14)23)9-19-22-17(24)12-8-11(20-21-12)15-5-6-16(18)26-15/h3-9,23H,2H2,1H3,(H,20,21)(H,22,24)/b19-9+. The van der Waals surface area contributed by atoms with E-state index in [4.69, 9.17) is 16.3 Å². The van der Waals surface area contributed by atoms with Crippen molar-refractivity contribution in [1.82, 2.24) is 15.6 Å². The lowest BCUT2D eigenvalue weighted by Crippen LogP contribution is -2.18. The Morgan fingerprint density at radius 2 is 2.27 bits per heavy atom. The summed E-state index contributed by atoms with van der Waals surface area (Å²) in [6, 6.07) is 10.0. The van der Waals surface area contributed by atoms with Crippen molar-refractivity contribution >= 4 is 35.1 Å². The van der Waals surface area contributed by atoms with Gasteiger partial charge in [-0.3, -0.25) is 9.89 Å². The van der Waals surface area contributed by atoms with Crippen molar-refractivity contribution in [3.8, 4) is 22.1 Å². The van der Waals surface area contributed by atoms with Crippen molar-refractivity contribution in [2.24, 2.45) is 5.10 Å². The third-order valence-electron chi connectivity index (χ3n) is 3.31. The van der Waals surface area contributed by atoms with Crippen molar-refractivity contribution in [2.45, 2.75) is 6.92 Å². The van der Waals surface area contributed by atoms with E-state index in [2.05, 4.69) is 20.7 Å². The molecule has 26 heavy (non-hydrogen) atoms. The number of benzene rings is 1. The Morgan fingerprint density at radius 1 is 1.42 bits per heavy atom. The van der Waals surface area contributed by atoms with Crippen molar-refractivity contribution in [3.05, 3.63) is 52.0 Å². The number of phenolic OH excluding ortho intramolecular Hbond substituents is 1. The number of aromatic nitrogens is 2. The summed E-state index contributed by atoms with van der Waals surface area (Å²) in [7, 11) is 0. The summed E-state index contributed by atoms with van der Waals surface area (Å²) in [6.07, 6.45) is 1.45. The molecule has 3 aromatic rings. The van der Waals surface area contributed by atoms with Crippen molar-refractivity contribution < 1.29 is 14.6 Å². The van der Waals surface area contributed by atoms with Crippen LogP contribution in [-0.4, -0.2) is 34.0 Å². The zero-order valence-electron chi connectivity index (χ0n) is 13.7. The third kappa shape index (κ3) is 4.22. The fourth-order valence-electron chi connectivity index (χ4n) is 2.13. The minimum absolute atomic E-state index is 0.0470. The molecule has 0 aliphatic carbocycles. The first-order valence-corrected chi connectivity index (χ1v) is 8.86. The number of phenols is 1. The van der Waals surface area contributed by atoms with Crippen LogP contribution >= 0.6 is 22.9 Å². The van der Waals surface area contributed by atoms with Crippen LogP contribution < -0.4 is 10.2 Å². The number of carbonyl (C=O) groups excluding carboxylic acids is 1. The molecule has 3 rings (SSSR count). The van der Waals surface area contributed by atoms with Crippen LogP contribution in [0.5, 0.6) is 11.5 Å². The zero-order valence-corrected chi connectivity index (χ0v) is 15.3. The second-order valence-electron chi connectivity index (χ2n) is 5.13. The van der Waals surface area contributed by atoms with Gasteiger partial charge in [-0.2, -0.15) is 10.2 Å². The van der Waals surface area contributed by atoms with Crippen molar-refractivity contribution in [3.63, 3.8) is 0 Å². The maximum Gasteiger partial charge on any atom is 0.291 e. The minimum atomic E-state index is -0.449. The van der Waals surface area contributed by atoms with Gasteiger partial charge in [0.1, 0.15) is 0 Å². The Bertz CT molecular complexity index is 951. The third-order valence-corrected chi connectivity index (χ3v) is 4.58. The molecule has 7 nitrogen and oxygen atoms in total. The smallest absolute Gasteiger partial charge is 0.291 e. The van der Waals surface area contributed by atoms with Gasteiger partial charge in [-0.05, 0) is 48.9 Å². The number of carbonyl (C=O) groups is 1. The summed E-state index contributed by atoms with van der Waals surface area (Å²) in [6.45, 7) is 2.25. The Kier molecular flexibility index (Phi) is 5.55. The number of ether oxygens (including phenoxy) is 1. The molecule has 0 spiro atoms. The van der Waals surface area contributed by atoms with Crippen LogP contribution in [0.1, 0.15) is 23.0 Å². The van der Waals surface area contributed by atoms with Crippen LogP contribution in [-0.2, 0) is 0 Å². The Hall–Kier alpha value is -2.84. The number of aromatic amines is 1. The molecule has 3 N–H and O–H groups in total. The van der Waals surface area contributed by atoms with E-state index in [9.17, 15) is 9.90 Å². The fraction of sp³-hybridized carbons (Fsp3) is 0.118. The number of H-pyrrole nitrogens is 1. The largest absolute Gasteiger partial charge is 0.504 e. The van der Waals surface area contributed by atoms with E-state index < -0.39 is 5.91 Å². The molecule has 0 aliphatic rings. The summed E-state index contributed by atoms with van der Waals surface area (Å²) in [5, 5.41) is 20.3. The monoisotopic (exact) mass is 390 g/mol. The van der Waals surface area contributed by atoms with Crippen LogP contribution in [0.3, 0.4) is 0 Å². The van der Waals surface area contributed by atoms with Gasteiger partial charge >= 0.3 is 0 Å². The molecule has 0 atom stereocenters. The van der Waals surface area contributed by atoms with Gasteiger partial charge in [0.05, 0.1) is 27.7 Å². The van der Waals surface area contributed by atoms with Gasteiger partial charge in [0.15, 0.2) is 17.2 Å². The van der Waals surface area contributed by atoms with Gasteiger partial charge in [0, 0.05) is 0 Å². The molecule has 9 heteroatoms. The van der Waals surface area contributed by atoms with Gasteiger partial charge in [-0.1, -0.05) is 11.6 Å². The van der Waals surface area contributed by atoms with Gasteiger partial charge in [0.2, 0.25) is 0 Å². The lowest BCUT2D eigenvalue weighted by Gasteiger charge is -2.05. The molecule has 1 aromatic carbocycles. The van der Waals surface area contributed by atoms with E-state index >= 15 is 0 Å². The van der Waals surface area contributed by atoms with Crippen LogP contribution in [0, 0.1) is 0 Å². The Balaban J connectivity index is 1.64. The van der Waals surface area contributed by atoms with E-state index in [1.165, 1.54) is 23.6 Å². The van der Waals surface area contributed by atoms with Gasteiger partial charge in [-0.25, -0.2) is 5.43 Å². The quantitative estimate of drug-likeness (QED) is 0.441. The number of thiophene rings is 1. The first-order chi connectivity index (χ1) is 12.6. The molecular formula is C17H15ClN4O3S. The highest BCUT2D eigenvalue weighted by atomic mass is 35.5. The van der Waals surface area contributed by atoms with E-state index in [1.54, 1.807) is 24.3 Å². The second-order valence-corrected chi connectivity index (χ2v) is 6.85. The SMILES string of the molecule is CCOc1cc(/C=N/NC(=O)c2cc(-c3ccc(Cl)s3)[nH]n2)ccc1O. The molecule has 1 amide bonds. The first-order valence-electron chi connectivity index (χ1n) is 7.67. The number of amides is 1. The van der Waals surface area contributed by atoms with Crippen LogP contribution in [0.15, 0.2) is 41.5 Å². The highest BCUT2D eigenvalue weighted by Gasteiger charge is 2.12. The lowest BCUT2D eigenvalue weighted by molar-refractivity contribution is 0.0950. The molecule has 0 radical (unpaired) electrons. The van der Waals surface area contributed by atoms with Crippen LogP contribution in [0.4, 0.5) is 0 Å².